The Labute approximate surface area is 409 Å². The normalized spacial score (nSPS) is 12.5. The monoisotopic (exact) mass is 923 g/mol. The highest BCUT2D eigenvalue weighted by Gasteiger charge is 2.19. The largest absolute Gasteiger partial charge is 0.462 e. The predicted octanol–water partition coefficient (Wildman–Crippen LogP) is 18.8. The summed E-state index contributed by atoms with van der Waals surface area (Å²) in [6, 6.07) is 0. The number of ether oxygens (including phenoxy) is 3. The number of carbonyl (C=O) groups excluding carboxylic acids is 3. The van der Waals surface area contributed by atoms with Crippen molar-refractivity contribution in [2.75, 3.05) is 13.2 Å². The van der Waals surface area contributed by atoms with Crippen molar-refractivity contribution in [1.29, 1.82) is 0 Å². The van der Waals surface area contributed by atoms with Gasteiger partial charge in [-0.15, -0.1) is 0 Å². The van der Waals surface area contributed by atoms with Crippen molar-refractivity contribution in [1.82, 2.24) is 0 Å². The quantitative estimate of drug-likeness (QED) is 0.0262. The average Bonchev–Trinajstić information content (AvgIpc) is 3.31. The molecular weight excluding hydrogens is 817 g/mol. The van der Waals surface area contributed by atoms with Gasteiger partial charge in [0.2, 0.25) is 0 Å². The topological polar surface area (TPSA) is 78.9 Å². The molecule has 0 saturated carbocycles. The Hall–Kier alpha value is -2.89. The molecule has 66 heavy (non-hydrogen) atoms. The van der Waals surface area contributed by atoms with Crippen LogP contribution in [0.4, 0.5) is 0 Å². The molecule has 1 unspecified atom stereocenters. The van der Waals surface area contributed by atoms with Gasteiger partial charge in [0.1, 0.15) is 13.2 Å². The molecule has 0 bridgehead atoms. The van der Waals surface area contributed by atoms with Crippen LogP contribution >= 0.6 is 0 Å². The molecule has 0 heterocycles. The SMILES string of the molecule is CC/C=C\C/C=C\C/C=C\C/C=C\C/C=C\CCCCCCCCCCCC(=O)OCC(COC(=O)CCCCCCCCCCCCC)OC(=O)CCCCCCCCCCCCCC. The molecule has 6 heteroatoms. The smallest absolute Gasteiger partial charge is 0.306 e. The zero-order valence-electron chi connectivity index (χ0n) is 43.7. The van der Waals surface area contributed by atoms with E-state index in [-0.39, 0.29) is 31.1 Å². The first-order chi connectivity index (χ1) is 32.5. The van der Waals surface area contributed by atoms with Gasteiger partial charge in [-0.3, -0.25) is 14.4 Å². The minimum Gasteiger partial charge on any atom is -0.462 e. The van der Waals surface area contributed by atoms with E-state index in [4.69, 9.17) is 14.2 Å². The van der Waals surface area contributed by atoms with Crippen molar-refractivity contribution >= 4 is 17.9 Å². The van der Waals surface area contributed by atoms with Gasteiger partial charge in [-0.1, -0.05) is 261 Å². The summed E-state index contributed by atoms with van der Waals surface area (Å²) in [5, 5.41) is 0. The molecule has 1 atom stereocenters. The highest BCUT2D eigenvalue weighted by atomic mass is 16.6. The predicted molar refractivity (Wildman–Crippen MR) is 284 cm³/mol. The van der Waals surface area contributed by atoms with Crippen molar-refractivity contribution in [3.05, 3.63) is 60.8 Å². The molecule has 0 saturated heterocycles. The Morgan fingerprint density at radius 1 is 0.318 bits per heavy atom. The third kappa shape index (κ3) is 52.1. The summed E-state index contributed by atoms with van der Waals surface area (Å²) in [6.45, 7) is 6.53. The number of rotatable bonds is 51. The molecule has 0 aromatic carbocycles. The van der Waals surface area contributed by atoms with E-state index in [1.54, 1.807) is 0 Å². The molecule has 0 spiro atoms. The van der Waals surface area contributed by atoms with E-state index in [0.29, 0.717) is 19.3 Å². The second-order valence-corrected chi connectivity index (χ2v) is 18.8. The van der Waals surface area contributed by atoms with E-state index >= 15 is 0 Å². The van der Waals surface area contributed by atoms with Crippen LogP contribution in [-0.4, -0.2) is 37.2 Å². The Morgan fingerprint density at radius 3 is 0.924 bits per heavy atom. The lowest BCUT2D eigenvalue weighted by atomic mass is 10.0. The summed E-state index contributed by atoms with van der Waals surface area (Å²) >= 11 is 0. The van der Waals surface area contributed by atoms with Crippen molar-refractivity contribution in [2.24, 2.45) is 0 Å². The molecule has 0 N–H and O–H groups in total. The minimum absolute atomic E-state index is 0.0717. The summed E-state index contributed by atoms with van der Waals surface area (Å²) in [5.41, 5.74) is 0. The summed E-state index contributed by atoms with van der Waals surface area (Å²) in [5.74, 6) is -0.868. The Bertz CT molecular complexity index is 1200. The lowest BCUT2D eigenvalue weighted by molar-refractivity contribution is -0.167. The Balaban J connectivity index is 4.23. The van der Waals surface area contributed by atoms with Gasteiger partial charge in [0.25, 0.3) is 0 Å². The van der Waals surface area contributed by atoms with E-state index in [1.165, 1.54) is 148 Å². The third-order valence-corrected chi connectivity index (χ3v) is 12.3. The van der Waals surface area contributed by atoms with Crippen molar-refractivity contribution in [3.63, 3.8) is 0 Å². The van der Waals surface area contributed by atoms with E-state index in [1.807, 2.05) is 0 Å². The number of hydrogen-bond donors (Lipinski definition) is 0. The number of carbonyl (C=O) groups is 3. The van der Waals surface area contributed by atoms with Gasteiger partial charge in [0, 0.05) is 19.3 Å². The molecule has 0 aromatic heterocycles. The Morgan fingerprint density at radius 2 is 0.591 bits per heavy atom. The fraction of sp³-hybridized carbons (Fsp3) is 0.783. The molecule has 0 rings (SSSR count). The molecule has 6 nitrogen and oxygen atoms in total. The van der Waals surface area contributed by atoms with Crippen molar-refractivity contribution in [3.8, 4) is 0 Å². The highest BCUT2D eigenvalue weighted by molar-refractivity contribution is 5.71. The van der Waals surface area contributed by atoms with Crippen LogP contribution in [0.5, 0.6) is 0 Å². The third-order valence-electron chi connectivity index (χ3n) is 12.3. The molecule has 0 fully saturated rings. The average molecular weight is 924 g/mol. The van der Waals surface area contributed by atoms with Gasteiger partial charge in [0.15, 0.2) is 6.10 Å². The fourth-order valence-electron chi connectivity index (χ4n) is 8.06. The number of allylic oxidation sites excluding steroid dienone is 10. The first-order valence-electron chi connectivity index (χ1n) is 28.3. The van der Waals surface area contributed by atoms with Crippen LogP contribution in [0.2, 0.25) is 0 Å². The van der Waals surface area contributed by atoms with Gasteiger partial charge in [0.05, 0.1) is 0 Å². The maximum atomic E-state index is 12.8. The van der Waals surface area contributed by atoms with Gasteiger partial charge in [-0.05, 0) is 64.2 Å². The van der Waals surface area contributed by atoms with Crippen LogP contribution in [0.25, 0.3) is 0 Å². The molecule has 0 amide bonds. The lowest BCUT2D eigenvalue weighted by Gasteiger charge is -2.18. The molecule has 0 aliphatic carbocycles. The summed E-state index contributed by atoms with van der Waals surface area (Å²) in [6.07, 6.45) is 67.8. The fourth-order valence-corrected chi connectivity index (χ4v) is 8.06. The molecule has 0 aromatic rings. The lowest BCUT2D eigenvalue weighted by Crippen LogP contribution is -2.30. The van der Waals surface area contributed by atoms with Crippen molar-refractivity contribution in [2.45, 2.75) is 290 Å². The number of hydrogen-bond acceptors (Lipinski definition) is 6. The standard InChI is InChI=1S/C60H106O6/c1-4-7-10-13-16-19-22-24-25-26-27-28-29-30-31-32-33-34-35-36-39-41-44-47-50-53-59(62)65-56-57(55-64-58(61)52-49-46-43-40-37-21-18-15-12-9-6-3)66-60(63)54-51-48-45-42-38-23-20-17-14-11-8-5-2/h7,10,16,19,24-25,27-28,30-31,57H,4-6,8-9,11-15,17-18,20-23,26,29,32-56H2,1-3H3/b10-7-,19-16-,25-24-,28-27-,31-30-. The minimum atomic E-state index is -0.771. The molecule has 0 radical (unpaired) electrons. The van der Waals surface area contributed by atoms with Gasteiger partial charge >= 0.3 is 17.9 Å². The van der Waals surface area contributed by atoms with E-state index in [0.717, 1.165) is 96.3 Å². The maximum Gasteiger partial charge on any atom is 0.306 e. The van der Waals surface area contributed by atoms with Gasteiger partial charge in [-0.25, -0.2) is 0 Å². The molecule has 382 valence electrons. The van der Waals surface area contributed by atoms with E-state index < -0.39 is 6.10 Å². The number of esters is 3. The summed E-state index contributed by atoms with van der Waals surface area (Å²) in [4.78, 5) is 38.0. The first-order valence-corrected chi connectivity index (χ1v) is 28.3. The van der Waals surface area contributed by atoms with Crippen LogP contribution in [-0.2, 0) is 28.6 Å². The second kappa shape index (κ2) is 54.7. The maximum absolute atomic E-state index is 12.8. The zero-order valence-corrected chi connectivity index (χ0v) is 43.7. The van der Waals surface area contributed by atoms with Crippen LogP contribution in [0.15, 0.2) is 60.8 Å². The summed E-state index contributed by atoms with van der Waals surface area (Å²) in [7, 11) is 0. The van der Waals surface area contributed by atoms with Crippen molar-refractivity contribution < 1.29 is 28.6 Å². The first kappa shape index (κ1) is 63.1. The molecule has 0 aliphatic heterocycles. The summed E-state index contributed by atoms with van der Waals surface area (Å²) < 4.78 is 16.8. The van der Waals surface area contributed by atoms with Crippen LogP contribution < -0.4 is 0 Å². The van der Waals surface area contributed by atoms with Gasteiger partial charge < -0.3 is 14.2 Å². The number of unbranched alkanes of at least 4 members (excludes halogenated alkanes) is 30. The molecular formula is C60H106O6. The van der Waals surface area contributed by atoms with Gasteiger partial charge in [-0.2, -0.15) is 0 Å². The zero-order chi connectivity index (χ0) is 47.9. The van der Waals surface area contributed by atoms with E-state index in [9.17, 15) is 14.4 Å². The molecule has 0 aliphatic rings. The van der Waals surface area contributed by atoms with Crippen LogP contribution in [0.1, 0.15) is 284 Å². The van der Waals surface area contributed by atoms with E-state index in [2.05, 4.69) is 81.5 Å². The second-order valence-electron chi connectivity index (χ2n) is 18.8. The Kier molecular flexibility index (Phi) is 52.3. The highest BCUT2D eigenvalue weighted by Crippen LogP contribution is 2.16. The van der Waals surface area contributed by atoms with Crippen LogP contribution in [0.3, 0.4) is 0 Å². The van der Waals surface area contributed by atoms with Crippen LogP contribution in [0, 0.1) is 0 Å².